The highest BCUT2D eigenvalue weighted by molar-refractivity contribution is 6.30. The molecule has 0 aliphatic carbocycles. The van der Waals surface area contributed by atoms with Crippen molar-refractivity contribution in [2.75, 3.05) is 6.61 Å². The van der Waals surface area contributed by atoms with Crippen LogP contribution in [0.25, 0.3) is 0 Å². The predicted molar refractivity (Wildman–Crippen MR) is 51.6 cm³/mol. The third kappa shape index (κ3) is 2.02. The topological polar surface area (TPSA) is 64.1 Å². The molecule has 1 heterocycles. The fourth-order valence-corrected chi connectivity index (χ4v) is 1.67. The van der Waals surface area contributed by atoms with E-state index in [1.165, 1.54) is 0 Å². The SMILES string of the molecule is Cc1nn(C)c(Cl)c1[C@@H](N)CCO. The maximum absolute atomic E-state index is 8.74. The summed E-state index contributed by atoms with van der Waals surface area (Å²) in [7, 11) is 1.77. The molecular weight excluding hydrogens is 190 g/mol. The van der Waals surface area contributed by atoms with Crippen LogP contribution in [0.15, 0.2) is 0 Å². The first-order valence-electron chi connectivity index (χ1n) is 4.13. The van der Waals surface area contributed by atoms with Crippen LogP contribution in [0.4, 0.5) is 0 Å². The van der Waals surface area contributed by atoms with Gasteiger partial charge in [-0.3, -0.25) is 4.68 Å². The molecule has 4 nitrogen and oxygen atoms in total. The van der Waals surface area contributed by atoms with Crippen molar-refractivity contribution in [3.05, 3.63) is 16.4 Å². The van der Waals surface area contributed by atoms with E-state index in [2.05, 4.69) is 5.10 Å². The third-order valence-electron chi connectivity index (χ3n) is 2.01. The molecule has 0 fully saturated rings. The lowest BCUT2D eigenvalue weighted by atomic mass is 10.1. The molecule has 0 aromatic carbocycles. The van der Waals surface area contributed by atoms with Gasteiger partial charge in [-0.05, 0) is 13.3 Å². The minimum Gasteiger partial charge on any atom is -0.396 e. The predicted octanol–water partition coefficient (Wildman–Crippen LogP) is 0.764. The molecule has 0 bridgehead atoms. The van der Waals surface area contributed by atoms with Crippen molar-refractivity contribution in [2.24, 2.45) is 12.8 Å². The van der Waals surface area contributed by atoms with E-state index in [4.69, 9.17) is 22.4 Å². The van der Waals surface area contributed by atoms with Crippen LogP contribution in [0.1, 0.15) is 23.7 Å². The summed E-state index contributed by atoms with van der Waals surface area (Å²) >= 11 is 5.98. The van der Waals surface area contributed by atoms with Gasteiger partial charge in [-0.15, -0.1) is 0 Å². The molecule has 0 saturated heterocycles. The van der Waals surface area contributed by atoms with Crippen molar-refractivity contribution < 1.29 is 5.11 Å². The monoisotopic (exact) mass is 203 g/mol. The second-order valence-electron chi connectivity index (χ2n) is 3.03. The molecule has 0 saturated carbocycles. The lowest BCUT2D eigenvalue weighted by Crippen LogP contribution is -2.12. The molecule has 3 N–H and O–H groups in total. The fraction of sp³-hybridized carbons (Fsp3) is 0.625. The normalized spacial score (nSPS) is 13.3. The second kappa shape index (κ2) is 4.09. The number of aliphatic hydroxyl groups is 1. The Bertz CT molecular complexity index is 298. The Kier molecular flexibility index (Phi) is 3.30. The van der Waals surface area contributed by atoms with Gasteiger partial charge >= 0.3 is 0 Å². The molecular formula is C8H14ClN3O. The summed E-state index contributed by atoms with van der Waals surface area (Å²) in [6.07, 6.45) is 0.506. The van der Waals surface area contributed by atoms with Gasteiger partial charge in [-0.2, -0.15) is 5.10 Å². The van der Waals surface area contributed by atoms with Crippen LogP contribution in [0.5, 0.6) is 0 Å². The van der Waals surface area contributed by atoms with Gasteiger partial charge in [0, 0.05) is 25.3 Å². The average molecular weight is 204 g/mol. The molecule has 0 aliphatic rings. The average Bonchev–Trinajstić information content (AvgIpc) is 2.27. The number of nitrogens with zero attached hydrogens (tertiary/aromatic N) is 2. The molecule has 1 aromatic heterocycles. The lowest BCUT2D eigenvalue weighted by Gasteiger charge is -2.09. The highest BCUT2D eigenvalue weighted by atomic mass is 35.5. The van der Waals surface area contributed by atoms with E-state index in [1.807, 2.05) is 6.92 Å². The zero-order valence-electron chi connectivity index (χ0n) is 7.79. The summed E-state index contributed by atoms with van der Waals surface area (Å²) in [5, 5.41) is 13.4. The summed E-state index contributed by atoms with van der Waals surface area (Å²) in [6, 6.07) is -0.230. The minimum atomic E-state index is -0.230. The highest BCUT2D eigenvalue weighted by Crippen LogP contribution is 2.25. The van der Waals surface area contributed by atoms with E-state index >= 15 is 0 Å². The van der Waals surface area contributed by atoms with E-state index in [1.54, 1.807) is 11.7 Å². The van der Waals surface area contributed by atoms with Crippen molar-refractivity contribution in [1.29, 1.82) is 0 Å². The number of aromatic nitrogens is 2. The van der Waals surface area contributed by atoms with Gasteiger partial charge in [0.05, 0.1) is 5.69 Å². The van der Waals surface area contributed by atoms with Gasteiger partial charge in [0.25, 0.3) is 0 Å². The van der Waals surface area contributed by atoms with Crippen LogP contribution in [-0.4, -0.2) is 21.5 Å². The van der Waals surface area contributed by atoms with Crippen LogP contribution in [0.2, 0.25) is 5.15 Å². The maximum Gasteiger partial charge on any atom is 0.131 e. The Morgan fingerprint density at radius 3 is 2.69 bits per heavy atom. The van der Waals surface area contributed by atoms with Crippen LogP contribution in [-0.2, 0) is 7.05 Å². The number of hydrogen-bond acceptors (Lipinski definition) is 3. The van der Waals surface area contributed by atoms with Crippen LogP contribution in [0, 0.1) is 6.92 Å². The first kappa shape index (κ1) is 10.5. The Morgan fingerprint density at radius 2 is 2.31 bits per heavy atom. The highest BCUT2D eigenvalue weighted by Gasteiger charge is 2.17. The van der Waals surface area contributed by atoms with E-state index in [0.29, 0.717) is 11.6 Å². The summed E-state index contributed by atoms with van der Waals surface area (Å²) in [6.45, 7) is 1.92. The zero-order chi connectivity index (χ0) is 10.0. The molecule has 1 atom stereocenters. The Labute approximate surface area is 82.3 Å². The van der Waals surface area contributed by atoms with Crippen molar-refractivity contribution in [2.45, 2.75) is 19.4 Å². The number of aryl methyl sites for hydroxylation is 2. The van der Waals surface area contributed by atoms with Gasteiger partial charge in [-0.1, -0.05) is 11.6 Å². The summed E-state index contributed by atoms with van der Waals surface area (Å²) in [5.74, 6) is 0. The summed E-state index contributed by atoms with van der Waals surface area (Å²) in [5.41, 5.74) is 7.48. The summed E-state index contributed by atoms with van der Waals surface area (Å²) < 4.78 is 1.59. The van der Waals surface area contributed by atoms with Crippen molar-refractivity contribution in [1.82, 2.24) is 9.78 Å². The molecule has 0 unspecified atom stereocenters. The number of aliphatic hydroxyl groups excluding tert-OH is 1. The number of nitrogens with two attached hydrogens (primary N) is 1. The van der Waals surface area contributed by atoms with Gasteiger partial charge in [0.15, 0.2) is 0 Å². The van der Waals surface area contributed by atoms with E-state index in [-0.39, 0.29) is 12.6 Å². The van der Waals surface area contributed by atoms with Gasteiger partial charge < -0.3 is 10.8 Å². The molecule has 0 radical (unpaired) electrons. The summed E-state index contributed by atoms with van der Waals surface area (Å²) in [4.78, 5) is 0. The van der Waals surface area contributed by atoms with Crippen molar-refractivity contribution in [3.63, 3.8) is 0 Å². The van der Waals surface area contributed by atoms with Crippen LogP contribution >= 0.6 is 11.6 Å². The Morgan fingerprint density at radius 1 is 1.69 bits per heavy atom. The molecule has 0 spiro atoms. The first-order valence-corrected chi connectivity index (χ1v) is 4.51. The largest absolute Gasteiger partial charge is 0.396 e. The Balaban J connectivity index is 2.98. The fourth-order valence-electron chi connectivity index (χ4n) is 1.35. The minimum absolute atomic E-state index is 0.0613. The van der Waals surface area contributed by atoms with Gasteiger partial charge in [0.2, 0.25) is 0 Å². The third-order valence-corrected chi connectivity index (χ3v) is 2.46. The van der Waals surface area contributed by atoms with Crippen molar-refractivity contribution >= 4 is 11.6 Å². The van der Waals surface area contributed by atoms with Crippen LogP contribution < -0.4 is 5.73 Å². The molecule has 5 heteroatoms. The lowest BCUT2D eigenvalue weighted by molar-refractivity contribution is 0.276. The molecule has 0 amide bonds. The zero-order valence-corrected chi connectivity index (χ0v) is 8.54. The smallest absolute Gasteiger partial charge is 0.131 e. The first-order chi connectivity index (χ1) is 6.07. The van der Waals surface area contributed by atoms with E-state index in [9.17, 15) is 0 Å². The van der Waals surface area contributed by atoms with Crippen molar-refractivity contribution in [3.8, 4) is 0 Å². The molecule has 1 aromatic rings. The maximum atomic E-state index is 8.74. The van der Waals surface area contributed by atoms with Crippen LogP contribution in [0.3, 0.4) is 0 Å². The molecule has 0 aliphatic heterocycles. The number of hydrogen-bond donors (Lipinski definition) is 2. The standard InChI is InChI=1S/C8H14ClN3O/c1-5-7(6(10)3-4-13)8(9)12(2)11-5/h6,13H,3-4,10H2,1-2H3/t6-/m0/s1. The van der Waals surface area contributed by atoms with E-state index < -0.39 is 0 Å². The molecule has 1 rings (SSSR count). The Hall–Kier alpha value is -0.580. The quantitative estimate of drug-likeness (QED) is 0.763. The van der Waals surface area contributed by atoms with Gasteiger partial charge in [-0.25, -0.2) is 0 Å². The second-order valence-corrected chi connectivity index (χ2v) is 3.39. The van der Waals surface area contributed by atoms with E-state index in [0.717, 1.165) is 11.3 Å². The number of halogens is 1. The molecule has 74 valence electrons. The molecule has 13 heavy (non-hydrogen) atoms. The van der Waals surface area contributed by atoms with Gasteiger partial charge in [0.1, 0.15) is 5.15 Å². The number of rotatable bonds is 3.